The number of nitrogens with one attached hydrogen (secondary N) is 2. The van der Waals surface area contributed by atoms with Gasteiger partial charge in [0.25, 0.3) is 5.91 Å². The summed E-state index contributed by atoms with van der Waals surface area (Å²) in [6.45, 7) is 2.11. The number of aromatic nitrogens is 2. The van der Waals surface area contributed by atoms with Gasteiger partial charge in [0.1, 0.15) is 0 Å². The highest BCUT2D eigenvalue weighted by Crippen LogP contribution is 2.22. The predicted molar refractivity (Wildman–Crippen MR) is 88.2 cm³/mol. The first-order valence-electron chi connectivity index (χ1n) is 8.24. The molecule has 0 bridgehead atoms. The Kier molecular flexibility index (Phi) is 4.56. The average molecular weight is 297 g/mol. The molecule has 116 valence electrons. The normalized spacial score (nSPS) is 14.8. The molecule has 0 radical (unpaired) electrons. The molecule has 0 aliphatic heterocycles. The quantitative estimate of drug-likeness (QED) is 0.903. The van der Waals surface area contributed by atoms with Crippen molar-refractivity contribution in [2.45, 2.75) is 51.9 Å². The Labute approximate surface area is 131 Å². The van der Waals surface area contributed by atoms with Crippen molar-refractivity contribution in [2.24, 2.45) is 0 Å². The lowest BCUT2D eigenvalue weighted by Gasteiger charge is -2.10. The number of aromatic amines is 1. The molecular weight excluding hydrogens is 274 g/mol. The van der Waals surface area contributed by atoms with Crippen molar-refractivity contribution in [1.29, 1.82) is 0 Å². The number of benzene rings is 1. The van der Waals surface area contributed by atoms with E-state index in [2.05, 4.69) is 28.5 Å². The molecular formula is C18H23N3O. The van der Waals surface area contributed by atoms with E-state index >= 15 is 0 Å². The molecule has 0 fully saturated rings. The molecule has 1 heterocycles. The molecule has 0 unspecified atom stereocenters. The lowest BCUT2D eigenvalue weighted by atomic mass is 9.97. The third-order valence-corrected chi connectivity index (χ3v) is 4.36. The Hall–Kier alpha value is -2.10. The van der Waals surface area contributed by atoms with Crippen LogP contribution >= 0.6 is 0 Å². The number of anilines is 1. The van der Waals surface area contributed by atoms with Crippen molar-refractivity contribution in [1.82, 2.24) is 10.2 Å². The minimum absolute atomic E-state index is 0.105. The van der Waals surface area contributed by atoms with Crippen LogP contribution in [-0.2, 0) is 19.3 Å². The van der Waals surface area contributed by atoms with Crippen molar-refractivity contribution in [3.05, 3.63) is 46.8 Å². The number of fused-ring (bicyclic) bond motifs is 1. The average Bonchev–Trinajstić information content (AvgIpc) is 2.89. The molecule has 0 spiro atoms. The Bertz CT molecular complexity index is 660. The van der Waals surface area contributed by atoms with Crippen LogP contribution in [-0.4, -0.2) is 16.1 Å². The van der Waals surface area contributed by atoms with Gasteiger partial charge < -0.3 is 5.32 Å². The summed E-state index contributed by atoms with van der Waals surface area (Å²) in [5.74, 6) is -0.105. The molecule has 2 aromatic rings. The third kappa shape index (κ3) is 3.21. The highest BCUT2D eigenvalue weighted by molar-refractivity contribution is 6.04. The van der Waals surface area contributed by atoms with Crippen LogP contribution in [0.4, 0.5) is 5.69 Å². The summed E-state index contributed by atoms with van der Waals surface area (Å²) >= 11 is 0. The van der Waals surface area contributed by atoms with E-state index in [1.165, 1.54) is 24.8 Å². The van der Waals surface area contributed by atoms with E-state index in [-0.39, 0.29) is 5.91 Å². The highest BCUT2D eigenvalue weighted by Gasteiger charge is 2.20. The Morgan fingerprint density at radius 2 is 2.05 bits per heavy atom. The first kappa shape index (κ1) is 14.8. The SMILES string of the molecule is CCc1cccc(NC(=O)c2n[nH]c3c2CCCCCC3)c1. The van der Waals surface area contributed by atoms with Gasteiger partial charge in [0.15, 0.2) is 5.69 Å². The summed E-state index contributed by atoms with van der Waals surface area (Å²) in [4.78, 5) is 12.6. The summed E-state index contributed by atoms with van der Waals surface area (Å²) < 4.78 is 0. The van der Waals surface area contributed by atoms with Crippen LogP contribution in [0.1, 0.15) is 59.9 Å². The van der Waals surface area contributed by atoms with Gasteiger partial charge >= 0.3 is 0 Å². The van der Waals surface area contributed by atoms with Crippen LogP contribution in [0.15, 0.2) is 24.3 Å². The van der Waals surface area contributed by atoms with Crippen LogP contribution in [0.5, 0.6) is 0 Å². The van der Waals surface area contributed by atoms with E-state index in [9.17, 15) is 4.79 Å². The molecule has 22 heavy (non-hydrogen) atoms. The van der Waals surface area contributed by atoms with E-state index in [1.54, 1.807) is 0 Å². The summed E-state index contributed by atoms with van der Waals surface area (Å²) in [6.07, 6.45) is 7.73. The van der Waals surface area contributed by atoms with Crippen LogP contribution in [0.3, 0.4) is 0 Å². The van der Waals surface area contributed by atoms with E-state index < -0.39 is 0 Å². The maximum atomic E-state index is 12.6. The van der Waals surface area contributed by atoms with Crippen molar-refractivity contribution in [2.75, 3.05) is 5.32 Å². The third-order valence-electron chi connectivity index (χ3n) is 4.36. The molecule has 1 aliphatic rings. The van der Waals surface area contributed by atoms with Gasteiger partial charge in [-0.1, -0.05) is 31.9 Å². The standard InChI is InChI=1S/C18H23N3O/c1-2-13-8-7-9-14(12-13)19-18(22)17-15-10-5-3-4-6-11-16(15)20-21-17/h7-9,12H,2-6,10-11H2,1H3,(H,19,22)(H,20,21). The molecule has 2 N–H and O–H groups in total. The van der Waals surface area contributed by atoms with Gasteiger partial charge in [-0.05, 0) is 49.8 Å². The second-order valence-corrected chi connectivity index (χ2v) is 5.95. The lowest BCUT2D eigenvalue weighted by molar-refractivity contribution is 0.102. The van der Waals surface area contributed by atoms with Crippen molar-refractivity contribution in [3.8, 4) is 0 Å². The van der Waals surface area contributed by atoms with Crippen molar-refractivity contribution >= 4 is 11.6 Å². The van der Waals surface area contributed by atoms with Crippen LogP contribution < -0.4 is 5.32 Å². The molecule has 0 saturated carbocycles. The monoisotopic (exact) mass is 297 g/mol. The number of carbonyl (C=O) groups excluding carboxylic acids is 1. The zero-order chi connectivity index (χ0) is 15.4. The molecule has 1 amide bonds. The fraction of sp³-hybridized carbons (Fsp3) is 0.444. The number of aryl methyl sites for hydroxylation is 2. The Morgan fingerprint density at radius 1 is 1.23 bits per heavy atom. The van der Waals surface area contributed by atoms with Gasteiger partial charge in [-0.25, -0.2) is 0 Å². The molecule has 0 saturated heterocycles. The zero-order valence-electron chi connectivity index (χ0n) is 13.1. The van der Waals surface area contributed by atoms with E-state index in [0.717, 1.165) is 42.6 Å². The first-order chi connectivity index (χ1) is 10.8. The first-order valence-corrected chi connectivity index (χ1v) is 8.24. The minimum Gasteiger partial charge on any atom is -0.321 e. The largest absolute Gasteiger partial charge is 0.321 e. The summed E-state index contributed by atoms with van der Waals surface area (Å²) in [7, 11) is 0. The number of H-pyrrole nitrogens is 1. The predicted octanol–water partition coefficient (Wildman–Crippen LogP) is 3.88. The number of nitrogens with zero attached hydrogens (tertiary/aromatic N) is 1. The second kappa shape index (κ2) is 6.77. The molecule has 1 aliphatic carbocycles. The van der Waals surface area contributed by atoms with Gasteiger partial charge in [-0.15, -0.1) is 0 Å². The Balaban J connectivity index is 1.80. The number of carbonyl (C=O) groups is 1. The maximum Gasteiger partial charge on any atom is 0.276 e. The molecule has 3 rings (SSSR count). The van der Waals surface area contributed by atoms with Gasteiger partial charge in [-0.3, -0.25) is 9.89 Å². The maximum absolute atomic E-state index is 12.6. The Morgan fingerprint density at radius 3 is 2.86 bits per heavy atom. The van der Waals surface area contributed by atoms with Gasteiger partial charge in [0, 0.05) is 16.9 Å². The van der Waals surface area contributed by atoms with Crippen LogP contribution in [0.2, 0.25) is 0 Å². The molecule has 4 nitrogen and oxygen atoms in total. The van der Waals surface area contributed by atoms with Crippen molar-refractivity contribution in [3.63, 3.8) is 0 Å². The number of hydrogen-bond donors (Lipinski definition) is 2. The van der Waals surface area contributed by atoms with Gasteiger partial charge in [0.2, 0.25) is 0 Å². The second-order valence-electron chi connectivity index (χ2n) is 5.95. The van der Waals surface area contributed by atoms with E-state index in [0.29, 0.717) is 5.69 Å². The molecule has 1 aromatic heterocycles. The number of amides is 1. The van der Waals surface area contributed by atoms with E-state index in [4.69, 9.17) is 0 Å². The molecule has 1 aromatic carbocycles. The van der Waals surface area contributed by atoms with Crippen LogP contribution in [0, 0.1) is 0 Å². The zero-order valence-corrected chi connectivity index (χ0v) is 13.1. The fourth-order valence-electron chi connectivity index (χ4n) is 3.08. The highest BCUT2D eigenvalue weighted by atomic mass is 16.1. The lowest BCUT2D eigenvalue weighted by Crippen LogP contribution is -2.15. The minimum atomic E-state index is -0.105. The topological polar surface area (TPSA) is 57.8 Å². The molecule has 0 atom stereocenters. The van der Waals surface area contributed by atoms with E-state index in [1.807, 2.05) is 18.2 Å². The fourth-order valence-corrected chi connectivity index (χ4v) is 3.08. The van der Waals surface area contributed by atoms with Crippen molar-refractivity contribution < 1.29 is 4.79 Å². The van der Waals surface area contributed by atoms with Gasteiger partial charge in [-0.2, -0.15) is 5.10 Å². The smallest absolute Gasteiger partial charge is 0.276 e. The van der Waals surface area contributed by atoms with Gasteiger partial charge in [0.05, 0.1) is 0 Å². The number of rotatable bonds is 3. The summed E-state index contributed by atoms with van der Waals surface area (Å²) in [6, 6.07) is 7.99. The summed E-state index contributed by atoms with van der Waals surface area (Å²) in [5.41, 5.74) is 4.89. The van der Waals surface area contributed by atoms with Crippen LogP contribution in [0.25, 0.3) is 0 Å². The molecule has 4 heteroatoms. The summed E-state index contributed by atoms with van der Waals surface area (Å²) in [5, 5.41) is 10.3. The number of hydrogen-bond acceptors (Lipinski definition) is 2.